The summed E-state index contributed by atoms with van der Waals surface area (Å²) in [5.41, 5.74) is 4.32. The third-order valence-corrected chi connectivity index (χ3v) is 6.09. The molecule has 1 fully saturated rings. The first-order valence-electron chi connectivity index (χ1n) is 11.0. The minimum atomic E-state index is 0. The predicted octanol–water partition coefficient (Wildman–Crippen LogP) is 6.06. The highest BCUT2D eigenvalue weighted by Crippen LogP contribution is 2.26. The zero-order valence-corrected chi connectivity index (χ0v) is 19.7. The Hall–Kier alpha value is -1.84. The van der Waals surface area contributed by atoms with Crippen LogP contribution in [0.4, 0.5) is 0 Å². The Bertz CT molecular complexity index is 835. The van der Waals surface area contributed by atoms with Gasteiger partial charge in [0.2, 0.25) is 0 Å². The van der Waals surface area contributed by atoms with E-state index in [9.17, 15) is 0 Å². The number of nitrogens with zero attached hydrogens (tertiary/aromatic N) is 2. The maximum absolute atomic E-state index is 2.69. The van der Waals surface area contributed by atoms with Crippen LogP contribution in [0.25, 0.3) is 0 Å². The van der Waals surface area contributed by atoms with Gasteiger partial charge in [-0.1, -0.05) is 91.0 Å². The highest BCUT2D eigenvalue weighted by Gasteiger charge is 2.25. The third-order valence-electron chi connectivity index (χ3n) is 6.09. The molecule has 1 heterocycles. The summed E-state index contributed by atoms with van der Waals surface area (Å²) in [7, 11) is 0. The van der Waals surface area contributed by atoms with Gasteiger partial charge in [-0.3, -0.25) is 4.90 Å². The van der Waals surface area contributed by atoms with Gasteiger partial charge in [-0.2, -0.15) is 0 Å². The van der Waals surface area contributed by atoms with Gasteiger partial charge in [-0.25, -0.2) is 0 Å². The molecule has 1 atom stereocenters. The van der Waals surface area contributed by atoms with Crippen LogP contribution in [0, 0.1) is 0 Å². The number of halogens is 2. The SMILES string of the molecule is Cl.Cl.c1ccc(CCCN2CCN([C@H](Cc3ccccc3)c3ccccc3)CC2)cc1. The van der Waals surface area contributed by atoms with Crippen molar-refractivity contribution in [1.29, 1.82) is 0 Å². The van der Waals surface area contributed by atoms with Gasteiger partial charge in [0.05, 0.1) is 0 Å². The van der Waals surface area contributed by atoms with E-state index in [1.807, 2.05) is 0 Å². The number of benzene rings is 3. The number of aryl methyl sites for hydroxylation is 1. The molecule has 0 unspecified atom stereocenters. The molecule has 0 aromatic heterocycles. The van der Waals surface area contributed by atoms with E-state index >= 15 is 0 Å². The summed E-state index contributed by atoms with van der Waals surface area (Å²) < 4.78 is 0. The average molecular weight is 457 g/mol. The molecular weight excluding hydrogens is 423 g/mol. The van der Waals surface area contributed by atoms with Crippen LogP contribution in [0.2, 0.25) is 0 Å². The second-order valence-corrected chi connectivity index (χ2v) is 8.08. The summed E-state index contributed by atoms with van der Waals surface area (Å²) in [6.07, 6.45) is 3.51. The lowest BCUT2D eigenvalue weighted by atomic mass is 9.96. The van der Waals surface area contributed by atoms with Crippen molar-refractivity contribution in [3.8, 4) is 0 Å². The molecule has 4 heteroatoms. The van der Waals surface area contributed by atoms with Crippen molar-refractivity contribution in [2.24, 2.45) is 0 Å². The summed E-state index contributed by atoms with van der Waals surface area (Å²) in [5, 5.41) is 0. The van der Waals surface area contributed by atoms with Gasteiger partial charge in [-0.15, -0.1) is 24.8 Å². The number of rotatable bonds is 8. The van der Waals surface area contributed by atoms with Gasteiger partial charge in [0, 0.05) is 32.2 Å². The van der Waals surface area contributed by atoms with Crippen LogP contribution in [-0.2, 0) is 12.8 Å². The molecule has 4 rings (SSSR count). The number of hydrogen-bond acceptors (Lipinski definition) is 2. The van der Waals surface area contributed by atoms with Crippen molar-refractivity contribution >= 4 is 24.8 Å². The third kappa shape index (κ3) is 7.66. The van der Waals surface area contributed by atoms with E-state index in [0.29, 0.717) is 6.04 Å². The fourth-order valence-electron chi connectivity index (χ4n) is 4.42. The molecule has 0 saturated carbocycles. The largest absolute Gasteiger partial charge is 0.301 e. The summed E-state index contributed by atoms with van der Waals surface area (Å²) >= 11 is 0. The minimum absolute atomic E-state index is 0. The van der Waals surface area contributed by atoms with Crippen molar-refractivity contribution in [3.05, 3.63) is 108 Å². The van der Waals surface area contributed by atoms with Crippen LogP contribution in [0.3, 0.4) is 0 Å². The molecule has 0 aliphatic carbocycles. The van der Waals surface area contributed by atoms with E-state index in [0.717, 1.165) is 19.5 Å². The molecule has 166 valence electrons. The average Bonchev–Trinajstić information content (AvgIpc) is 2.80. The van der Waals surface area contributed by atoms with Gasteiger partial charge < -0.3 is 4.90 Å². The molecule has 3 aromatic rings. The zero-order valence-electron chi connectivity index (χ0n) is 18.1. The molecule has 1 aliphatic rings. The Morgan fingerprint density at radius 2 is 1.13 bits per heavy atom. The smallest absolute Gasteiger partial charge is 0.0389 e. The fraction of sp³-hybridized carbons (Fsp3) is 0.333. The van der Waals surface area contributed by atoms with E-state index < -0.39 is 0 Å². The van der Waals surface area contributed by atoms with Gasteiger partial charge in [-0.05, 0) is 42.5 Å². The summed E-state index contributed by atoms with van der Waals surface area (Å²) in [5.74, 6) is 0. The predicted molar refractivity (Wildman–Crippen MR) is 137 cm³/mol. The highest BCUT2D eigenvalue weighted by atomic mass is 35.5. The fourth-order valence-corrected chi connectivity index (χ4v) is 4.42. The summed E-state index contributed by atoms with van der Waals surface area (Å²) in [6, 6.07) is 33.3. The number of piperazine rings is 1. The minimum Gasteiger partial charge on any atom is -0.301 e. The maximum Gasteiger partial charge on any atom is 0.0389 e. The first kappa shape index (κ1) is 25.4. The van der Waals surface area contributed by atoms with Crippen LogP contribution in [0.5, 0.6) is 0 Å². The Labute approximate surface area is 200 Å². The molecule has 0 spiro atoms. The quantitative estimate of drug-likeness (QED) is 0.406. The molecule has 3 aromatic carbocycles. The lowest BCUT2D eigenvalue weighted by molar-refractivity contribution is 0.0947. The Kier molecular flexibility index (Phi) is 11.1. The van der Waals surface area contributed by atoms with Crippen molar-refractivity contribution < 1.29 is 0 Å². The lowest BCUT2D eigenvalue weighted by Gasteiger charge is -2.39. The Balaban J connectivity index is 0.00000171. The Morgan fingerprint density at radius 3 is 1.71 bits per heavy atom. The second-order valence-electron chi connectivity index (χ2n) is 8.08. The van der Waals surface area contributed by atoms with Gasteiger partial charge in [0.25, 0.3) is 0 Å². The van der Waals surface area contributed by atoms with Crippen LogP contribution in [0.15, 0.2) is 91.0 Å². The second kappa shape index (κ2) is 13.5. The summed E-state index contributed by atoms with van der Waals surface area (Å²) in [4.78, 5) is 5.33. The zero-order chi connectivity index (χ0) is 19.7. The van der Waals surface area contributed by atoms with E-state index in [-0.39, 0.29) is 24.8 Å². The standard InChI is InChI=1S/C27H32N2.2ClH/c1-4-11-24(12-5-1)15-10-18-28-19-21-29(22-20-28)27(26-16-8-3-9-17-26)23-25-13-6-2-7-14-25;;/h1-9,11-14,16-17,27H,10,15,18-23H2;2*1H/t27-;;/m1../s1. The van der Waals surface area contributed by atoms with Crippen molar-refractivity contribution in [2.45, 2.75) is 25.3 Å². The first-order valence-corrected chi connectivity index (χ1v) is 11.0. The first-order chi connectivity index (χ1) is 14.4. The number of hydrogen-bond donors (Lipinski definition) is 0. The van der Waals surface area contributed by atoms with E-state index in [1.54, 1.807) is 0 Å². The van der Waals surface area contributed by atoms with Crippen molar-refractivity contribution in [3.63, 3.8) is 0 Å². The molecule has 0 radical (unpaired) electrons. The molecule has 31 heavy (non-hydrogen) atoms. The van der Waals surface area contributed by atoms with E-state index in [4.69, 9.17) is 0 Å². The molecular formula is C27H34Cl2N2. The maximum atomic E-state index is 2.69. The molecule has 1 saturated heterocycles. The molecule has 0 amide bonds. The van der Waals surface area contributed by atoms with Crippen LogP contribution < -0.4 is 0 Å². The van der Waals surface area contributed by atoms with Crippen molar-refractivity contribution in [1.82, 2.24) is 9.80 Å². The van der Waals surface area contributed by atoms with Gasteiger partial charge in [0.1, 0.15) is 0 Å². The molecule has 2 nitrogen and oxygen atoms in total. The molecule has 1 aliphatic heterocycles. The van der Waals surface area contributed by atoms with E-state index in [2.05, 4.69) is 101 Å². The van der Waals surface area contributed by atoms with E-state index in [1.165, 1.54) is 49.2 Å². The van der Waals surface area contributed by atoms with Gasteiger partial charge in [0.15, 0.2) is 0 Å². The van der Waals surface area contributed by atoms with Gasteiger partial charge >= 0.3 is 0 Å². The molecule has 0 N–H and O–H groups in total. The highest BCUT2D eigenvalue weighted by molar-refractivity contribution is 5.85. The monoisotopic (exact) mass is 456 g/mol. The van der Waals surface area contributed by atoms with Crippen molar-refractivity contribution in [2.75, 3.05) is 32.7 Å². The normalized spacial score (nSPS) is 15.5. The summed E-state index contributed by atoms with van der Waals surface area (Å²) in [6.45, 7) is 5.85. The topological polar surface area (TPSA) is 6.48 Å². The molecule has 0 bridgehead atoms. The lowest BCUT2D eigenvalue weighted by Crippen LogP contribution is -2.48. The van der Waals surface area contributed by atoms with Crippen LogP contribution >= 0.6 is 24.8 Å². The van der Waals surface area contributed by atoms with Crippen LogP contribution in [0.1, 0.15) is 29.2 Å². The Morgan fingerprint density at radius 1 is 0.613 bits per heavy atom. The van der Waals surface area contributed by atoms with Crippen LogP contribution in [-0.4, -0.2) is 42.5 Å².